The minimum atomic E-state index is -1.55. The zero-order valence-electron chi connectivity index (χ0n) is 27.9. The number of rotatable bonds is 13. The molecular formula is C37H50N4O8. The number of carbonyl (C=O) groups is 1. The van der Waals surface area contributed by atoms with Crippen LogP contribution in [0.4, 0.5) is 5.69 Å². The molecule has 0 radical (unpaired) electrons. The van der Waals surface area contributed by atoms with Gasteiger partial charge in [-0.1, -0.05) is 81.0 Å². The molecule has 1 aromatic heterocycles. The Balaban J connectivity index is 0.000000355. The second kappa shape index (κ2) is 18.9. The number of amides is 1. The van der Waals surface area contributed by atoms with Crippen molar-refractivity contribution in [1.82, 2.24) is 15.3 Å². The minimum Gasteiger partial charge on any atom is -0.394 e. The molecular weight excluding hydrogens is 628 g/mol. The van der Waals surface area contributed by atoms with Crippen LogP contribution in [0.3, 0.4) is 0 Å². The molecule has 0 unspecified atom stereocenters. The van der Waals surface area contributed by atoms with E-state index in [-0.39, 0.29) is 25.7 Å². The van der Waals surface area contributed by atoms with Crippen LogP contribution in [0.2, 0.25) is 0 Å². The van der Waals surface area contributed by atoms with Gasteiger partial charge in [0.2, 0.25) is 0 Å². The van der Waals surface area contributed by atoms with Crippen LogP contribution >= 0.6 is 0 Å². The predicted octanol–water partition coefficient (Wildman–Crippen LogP) is 2.62. The van der Waals surface area contributed by atoms with Crippen molar-refractivity contribution in [2.75, 3.05) is 25.5 Å². The molecule has 12 heteroatoms. The van der Waals surface area contributed by atoms with Crippen molar-refractivity contribution >= 4 is 22.4 Å². The Morgan fingerprint density at radius 1 is 0.837 bits per heavy atom. The van der Waals surface area contributed by atoms with Gasteiger partial charge in [-0.3, -0.25) is 4.79 Å². The molecule has 3 aromatic carbocycles. The number of aromatic amines is 1. The van der Waals surface area contributed by atoms with E-state index in [0.29, 0.717) is 34.3 Å². The number of likely N-dealkylation sites (N-methyl/N-ethyl adjacent to an activating group) is 1. The molecule has 0 spiro atoms. The summed E-state index contributed by atoms with van der Waals surface area (Å²) >= 11 is 0. The molecule has 0 aliphatic heterocycles. The summed E-state index contributed by atoms with van der Waals surface area (Å²) in [5.74, 6) is 0.929. The van der Waals surface area contributed by atoms with Gasteiger partial charge in [-0.2, -0.15) is 0 Å². The van der Waals surface area contributed by atoms with E-state index >= 15 is 0 Å². The average Bonchev–Trinajstić information content (AvgIpc) is 3.38. The van der Waals surface area contributed by atoms with Gasteiger partial charge in [-0.05, 0) is 59.5 Å². The smallest absolute Gasteiger partial charge is 0.276 e. The molecule has 1 saturated carbocycles. The van der Waals surface area contributed by atoms with Crippen LogP contribution < -0.4 is 10.6 Å². The van der Waals surface area contributed by atoms with Crippen molar-refractivity contribution in [2.24, 2.45) is 5.92 Å². The maximum atomic E-state index is 13.5. The van der Waals surface area contributed by atoms with E-state index in [4.69, 9.17) is 25.4 Å². The number of hydrogen-bond donors (Lipinski definition) is 10. The van der Waals surface area contributed by atoms with Gasteiger partial charge >= 0.3 is 0 Å². The monoisotopic (exact) mass is 678 g/mol. The largest absolute Gasteiger partial charge is 0.394 e. The summed E-state index contributed by atoms with van der Waals surface area (Å²) in [7, 11) is 1.57. The van der Waals surface area contributed by atoms with Crippen LogP contribution in [-0.2, 0) is 19.6 Å². The molecule has 10 N–H and O–H groups in total. The zero-order chi connectivity index (χ0) is 35.3. The highest BCUT2D eigenvalue weighted by atomic mass is 16.4. The third kappa shape index (κ3) is 10.6. The molecule has 1 aliphatic carbocycles. The lowest BCUT2D eigenvalue weighted by Gasteiger charge is -2.25. The summed E-state index contributed by atoms with van der Waals surface area (Å²) in [5.41, 5.74) is 4.01. The SMILES string of the molecule is CNC[C@H](O)[C@@H](O)[C@H](O)[C@H](O)CO.O=C(Nc1cc(CO)cc(CO)c1)c1nc(-c2ccc3ccccc3c2)[nH]c1CC1CCCCCC1. The van der Waals surface area contributed by atoms with Gasteiger partial charge in [0.15, 0.2) is 0 Å². The number of hydrogen-bond acceptors (Lipinski definition) is 10. The Bertz CT molecular complexity index is 1600. The van der Waals surface area contributed by atoms with Crippen molar-refractivity contribution in [1.29, 1.82) is 0 Å². The van der Waals surface area contributed by atoms with Gasteiger partial charge in [0.05, 0.1) is 25.9 Å². The third-order valence-corrected chi connectivity index (χ3v) is 8.90. The highest BCUT2D eigenvalue weighted by Gasteiger charge is 2.29. The first-order chi connectivity index (χ1) is 23.7. The van der Waals surface area contributed by atoms with Gasteiger partial charge in [0.1, 0.15) is 29.8 Å². The lowest BCUT2D eigenvalue weighted by molar-refractivity contribution is -0.113. The maximum absolute atomic E-state index is 13.5. The van der Waals surface area contributed by atoms with Gasteiger partial charge in [-0.25, -0.2) is 4.98 Å². The normalized spacial score (nSPS) is 16.2. The molecule has 1 amide bonds. The van der Waals surface area contributed by atoms with Crippen LogP contribution in [-0.4, -0.2) is 96.2 Å². The van der Waals surface area contributed by atoms with Crippen LogP contribution in [0.25, 0.3) is 22.2 Å². The van der Waals surface area contributed by atoms with Crippen LogP contribution in [0, 0.1) is 5.92 Å². The van der Waals surface area contributed by atoms with Crippen molar-refractivity contribution < 1.29 is 40.5 Å². The Morgan fingerprint density at radius 3 is 2.08 bits per heavy atom. The molecule has 0 bridgehead atoms. The zero-order valence-corrected chi connectivity index (χ0v) is 27.9. The Kier molecular flexibility index (Phi) is 14.7. The van der Waals surface area contributed by atoms with Gasteiger partial charge < -0.3 is 51.4 Å². The van der Waals surface area contributed by atoms with Gasteiger partial charge in [0.25, 0.3) is 5.91 Å². The number of imidazole rings is 1. The lowest BCUT2D eigenvalue weighted by Crippen LogP contribution is -2.48. The average molecular weight is 679 g/mol. The van der Waals surface area contributed by atoms with Crippen LogP contribution in [0.5, 0.6) is 0 Å². The Labute approximate surface area is 286 Å². The Hall–Kier alpha value is -3.72. The molecule has 4 atom stereocenters. The first-order valence-electron chi connectivity index (χ1n) is 16.9. The molecule has 4 aromatic rings. The number of H-pyrrole nitrogens is 1. The van der Waals surface area contributed by atoms with Crippen molar-refractivity contribution in [3.8, 4) is 11.4 Å². The predicted molar refractivity (Wildman–Crippen MR) is 188 cm³/mol. The number of aromatic nitrogens is 2. The summed E-state index contributed by atoms with van der Waals surface area (Å²) < 4.78 is 0. The topological polar surface area (TPSA) is 211 Å². The van der Waals surface area contributed by atoms with Gasteiger partial charge in [0, 0.05) is 23.5 Å². The number of carbonyl (C=O) groups excluding carboxylic acids is 1. The van der Waals surface area contributed by atoms with E-state index in [9.17, 15) is 20.1 Å². The second-order valence-corrected chi connectivity index (χ2v) is 12.7. The number of benzene rings is 3. The molecule has 0 saturated heterocycles. The van der Waals surface area contributed by atoms with E-state index in [1.54, 1.807) is 25.2 Å². The fourth-order valence-electron chi connectivity index (χ4n) is 6.18. The Morgan fingerprint density at radius 2 is 1.47 bits per heavy atom. The summed E-state index contributed by atoms with van der Waals surface area (Å²) in [4.78, 5) is 21.8. The highest BCUT2D eigenvalue weighted by molar-refractivity contribution is 6.04. The van der Waals surface area contributed by atoms with Crippen molar-refractivity contribution in [3.63, 3.8) is 0 Å². The number of anilines is 1. The maximum Gasteiger partial charge on any atom is 0.276 e. The van der Waals surface area contributed by atoms with E-state index < -0.39 is 31.0 Å². The first-order valence-corrected chi connectivity index (χ1v) is 16.9. The molecule has 1 fully saturated rings. The van der Waals surface area contributed by atoms with Crippen LogP contribution in [0.1, 0.15) is 65.8 Å². The number of aliphatic hydroxyl groups excluding tert-OH is 7. The number of aliphatic hydroxyl groups is 7. The molecule has 49 heavy (non-hydrogen) atoms. The summed E-state index contributed by atoms with van der Waals surface area (Å²) in [6.45, 7) is -0.906. The first kappa shape index (κ1) is 38.1. The summed E-state index contributed by atoms with van der Waals surface area (Å²) in [6.07, 6.45) is 2.51. The molecule has 1 aliphatic rings. The fraction of sp³-hybridized carbons (Fsp3) is 0.459. The van der Waals surface area contributed by atoms with E-state index in [2.05, 4.69) is 39.9 Å². The third-order valence-electron chi connectivity index (χ3n) is 8.90. The standard InChI is InChI=1S/C30H33N3O3.C7H17NO5/c34-18-21-13-22(19-35)15-26(14-21)31-30(36)28-27(16-20-7-3-1-2-4-8-20)32-29(33-28)25-12-11-23-9-5-6-10-24(23)17-25;1-8-2-4(10)6(12)7(13)5(11)3-9/h5-6,9-15,17,20,34-35H,1-4,7-8,16,18-19H2,(H,31,36)(H,32,33);4-13H,2-3H2,1H3/t;4-,5+,6+,7+/m.0/s1. The highest BCUT2D eigenvalue weighted by Crippen LogP contribution is 2.29. The number of fused-ring (bicyclic) bond motifs is 1. The van der Waals surface area contributed by atoms with Crippen molar-refractivity contribution in [3.05, 3.63) is 83.2 Å². The number of nitrogens with zero attached hydrogens (tertiary/aromatic N) is 1. The van der Waals surface area contributed by atoms with E-state index in [1.807, 2.05) is 18.2 Å². The molecule has 12 nitrogen and oxygen atoms in total. The quantitative estimate of drug-likeness (QED) is 0.0934. The fourth-order valence-corrected chi connectivity index (χ4v) is 6.18. The van der Waals surface area contributed by atoms with Gasteiger partial charge in [-0.15, -0.1) is 0 Å². The molecule has 266 valence electrons. The summed E-state index contributed by atoms with van der Waals surface area (Å²) in [6, 6.07) is 19.6. The van der Waals surface area contributed by atoms with E-state index in [0.717, 1.165) is 28.5 Å². The number of nitrogens with one attached hydrogen (secondary N) is 3. The van der Waals surface area contributed by atoms with Crippen molar-refractivity contribution in [2.45, 2.75) is 82.6 Å². The molecule has 5 rings (SSSR count). The second-order valence-electron chi connectivity index (χ2n) is 12.7. The molecule has 1 heterocycles. The van der Waals surface area contributed by atoms with E-state index in [1.165, 1.54) is 38.5 Å². The lowest BCUT2D eigenvalue weighted by atomic mass is 9.94. The summed E-state index contributed by atoms with van der Waals surface area (Å²) in [5, 5.41) is 71.9. The van der Waals surface area contributed by atoms with Crippen LogP contribution in [0.15, 0.2) is 60.7 Å². The minimum absolute atomic E-state index is 0.0936.